The summed E-state index contributed by atoms with van der Waals surface area (Å²) in [5.74, 6) is 0. The zero-order valence-electron chi connectivity index (χ0n) is 11.1. The normalized spacial score (nSPS) is 22.2. The molecule has 0 spiro atoms. The molecule has 0 amide bonds. The van der Waals surface area contributed by atoms with Crippen LogP contribution in [0.1, 0.15) is 43.9 Å². The van der Waals surface area contributed by atoms with Crippen molar-refractivity contribution >= 4 is 21.4 Å². The molecule has 106 valence electrons. The Morgan fingerprint density at radius 1 is 1.37 bits per heavy atom. The number of rotatable bonds is 6. The largest absolute Gasteiger partial charge is 0.309 e. The molecule has 2 fully saturated rings. The molecule has 0 aliphatic heterocycles. The second-order valence-electron chi connectivity index (χ2n) is 5.90. The highest BCUT2D eigenvalue weighted by Crippen LogP contribution is 2.33. The van der Waals surface area contributed by atoms with Crippen LogP contribution in [0, 0.1) is 0 Å². The lowest BCUT2D eigenvalue weighted by molar-refractivity contribution is 0.248. The second kappa shape index (κ2) is 4.84. The van der Waals surface area contributed by atoms with Crippen LogP contribution in [-0.4, -0.2) is 20.0 Å². The fraction of sp³-hybridized carbons (Fsp3) is 0.692. The Hall–Kier alpha value is -0.430. The van der Waals surface area contributed by atoms with Gasteiger partial charge in [0.1, 0.15) is 4.21 Å². The van der Waals surface area contributed by atoms with Crippen LogP contribution >= 0.6 is 11.3 Å². The van der Waals surface area contributed by atoms with Gasteiger partial charge in [-0.2, -0.15) is 0 Å². The second-order valence-corrected chi connectivity index (χ2v) is 8.97. The summed E-state index contributed by atoms with van der Waals surface area (Å²) in [5, 5.41) is 3.40. The minimum Gasteiger partial charge on any atom is -0.309 e. The Labute approximate surface area is 118 Å². The summed E-state index contributed by atoms with van der Waals surface area (Å²) in [6, 6.07) is 4.28. The highest BCUT2D eigenvalue weighted by atomic mass is 32.2. The van der Waals surface area contributed by atoms with Gasteiger partial charge in [0.2, 0.25) is 0 Å². The Balaban J connectivity index is 1.66. The quantitative estimate of drug-likeness (QED) is 0.847. The van der Waals surface area contributed by atoms with Crippen molar-refractivity contribution in [1.82, 2.24) is 10.0 Å². The topological polar surface area (TPSA) is 58.2 Å². The third-order valence-electron chi connectivity index (χ3n) is 3.88. The maximum absolute atomic E-state index is 12.3. The molecule has 4 nitrogen and oxygen atoms in total. The van der Waals surface area contributed by atoms with Gasteiger partial charge in [0, 0.05) is 23.0 Å². The van der Waals surface area contributed by atoms with Crippen molar-refractivity contribution in [3.8, 4) is 0 Å². The first-order chi connectivity index (χ1) is 8.97. The summed E-state index contributed by atoms with van der Waals surface area (Å²) in [4.78, 5) is 1.09. The zero-order chi connectivity index (χ0) is 13.5. The lowest BCUT2D eigenvalue weighted by atomic mass is 9.80. The van der Waals surface area contributed by atoms with Gasteiger partial charge in [-0.3, -0.25) is 0 Å². The van der Waals surface area contributed by atoms with Crippen LogP contribution in [0.5, 0.6) is 0 Å². The van der Waals surface area contributed by atoms with E-state index in [4.69, 9.17) is 0 Å². The number of sulfonamides is 1. The van der Waals surface area contributed by atoms with Crippen molar-refractivity contribution in [2.24, 2.45) is 0 Å². The molecular formula is C13H20N2O2S2. The van der Waals surface area contributed by atoms with E-state index in [1.807, 2.05) is 13.0 Å². The van der Waals surface area contributed by atoms with Gasteiger partial charge in [-0.05, 0) is 51.2 Å². The molecule has 6 heteroatoms. The van der Waals surface area contributed by atoms with Crippen LogP contribution in [-0.2, 0) is 16.6 Å². The predicted octanol–water partition coefficient (Wildman–Crippen LogP) is 2.22. The number of hydrogen-bond donors (Lipinski definition) is 2. The van der Waals surface area contributed by atoms with Crippen LogP contribution in [0.3, 0.4) is 0 Å². The zero-order valence-corrected chi connectivity index (χ0v) is 12.7. The SMILES string of the molecule is CC1(NS(=O)(=O)c2ccc(CNC3CC3)s2)CCC1. The average Bonchev–Trinajstić information content (AvgIpc) is 3.00. The van der Waals surface area contributed by atoms with Crippen molar-refractivity contribution in [2.75, 3.05) is 0 Å². The Kier molecular flexibility index (Phi) is 3.45. The fourth-order valence-corrected chi connectivity index (χ4v) is 5.09. The van der Waals surface area contributed by atoms with Gasteiger partial charge in [-0.25, -0.2) is 13.1 Å². The van der Waals surface area contributed by atoms with Crippen LogP contribution in [0.4, 0.5) is 0 Å². The highest BCUT2D eigenvalue weighted by molar-refractivity contribution is 7.91. The van der Waals surface area contributed by atoms with Gasteiger partial charge in [0.05, 0.1) is 0 Å². The van der Waals surface area contributed by atoms with E-state index in [0.29, 0.717) is 10.3 Å². The standard InChI is InChI=1S/C13H20N2O2S2/c1-13(7-2-8-13)15-19(16,17)12-6-5-11(18-12)9-14-10-3-4-10/h5-6,10,14-15H,2-4,7-9H2,1H3. The van der Waals surface area contributed by atoms with Gasteiger partial charge < -0.3 is 5.32 Å². The van der Waals surface area contributed by atoms with Crippen LogP contribution < -0.4 is 10.0 Å². The highest BCUT2D eigenvalue weighted by Gasteiger charge is 2.36. The summed E-state index contributed by atoms with van der Waals surface area (Å²) in [7, 11) is -3.34. The first kappa shape index (κ1) is 13.5. The number of thiophene rings is 1. The summed E-state index contributed by atoms with van der Waals surface area (Å²) in [6.45, 7) is 2.76. The molecule has 0 saturated heterocycles. The summed E-state index contributed by atoms with van der Waals surface area (Å²) in [6.07, 6.45) is 5.48. The third-order valence-corrected chi connectivity index (χ3v) is 7.10. The third kappa shape index (κ3) is 3.18. The van der Waals surface area contributed by atoms with E-state index in [9.17, 15) is 8.42 Å². The molecule has 1 aromatic rings. The Morgan fingerprint density at radius 2 is 2.11 bits per heavy atom. The average molecular weight is 300 g/mol. The summed E-state index contributed by atoms with van der Waals surface area (Å²) in [5.41, 5.74) is -0.227. The van der Waals surface area contributed by atoms with Crippen LogP contribution in [0.25, 0.3) is 0 Å². The smallest absolute Gasteiger partial charge is 0.250 e. The van der Waals surface area contributed by atoms with Gasteiger partial charge in [0.15, 0.2) is 0 Å². The van der Waals surface area contributed by atoms with Gasteiger partial charge in [-0.1, -0.05) is 0 Å². The van der Waals surface area contributed by atoms with E-state index >= 15 is 0 Å². The van der Waals surface area contributed by atoms with Crippen molar-refractivity contribution in [3.63, 3.8) is 0 Å². The van der Waals surface area contributed by atoms with Gasteiger partial charge in [0.25, 0.3) is 10.0 Å². The van der Waals surface area contributed by atoms with Gasteiger partial charge >= 0.3 is 0 Å². The van der Waals surface area contributed by atoms with Crippen molar-refractivity contribution < 1.29 is 8.42 Å². The Morgan fingerprint density at radius 3 is 2.68 bits per heavy atom. The van der Waals surface area contributed by atoms with Crippen molar-refractivity contribution in [1.29, 1.82) is 0 Å². The van der Waals surface area contributed by atoms with Crippen molar-refractivity contribution in [3.05, 3.63) is 17.0 Å². The van der Waals surface area contributed by atoms with Gasteiger partial charge in [-0.15, -0.1) is 11.3 Å². The molecule has 0 atom stereocenters. The maximum atomic E-state index is 12.3. The molecule has 2 aliphatic carbocycles. The predicted molar refractivity (Wildman–Crippen MR) is 76.8 cm³/mol. The molecule has 2 saturated carbocycles. The molecule has 0 aromatic carbocycles. The molecule has 2 aliphatic rings. The molecular weight excluding hydrogens is 280 g/mol. The van der Waals surface area contributed by atoms with E-state index in [-0.39, 0.29) is 5.54 Å². The fourth-order valence-electron chi connectivity index (χ4n) is 2.31. The van der Waals surface area contributed by atoms with E-state index in [1.165, 1.54) is 24.2 Å². The molecule has 0 unspecified atom stereocenters. The molecule has 19 heavy (non-hydrogen) atoms. The molecule has 0 radical (unpaired) electrons. The summed E-state index contributed by atoms with van der Waals surface area (Å²) >= 11 is 1.37. The first-order valence-electron chi connectivity index (χ1n) is 6.83. The van der Waals surface area contributed by atoms with Crippen LogP contribution in [0.15, 0.2) is 16.3 Å². The van der Waals surface area contributed by atoms with Crippen LogP contribution in [0.2, 0.25) is 0 Å². The summed E-state index contributed by atoms with van der Waals surface area (Å²) < 4.78 is 27.8. The molecule has 1 aromatic heterocycles. The number of nitrogens with one attached hydrogen (secondary N) is 2. The molecule has 1 heterocycles. The van der Waals surface area contributed by atoms with Crippen molar-refractivity contribution in [2.45, 2.75) is 61.4 Å². The van der Waals surface area contributed by atoms with E-state index < -0.39 is 10.0 Å². The minimum atomic E-state index is -3.34. The molecule has 2 N–H and O–H groups in total. The number of hydrogen-bond acceptors (Lipinski definition) is 4. The first-order valence-corrected chi connectivity index (χ1v) is 9.13. The monoisotopic (exact) mass is 300 g/mol. The van der Waals surface area contributed by atoms with E-state index in [1.54, 1.807) is 6.07 Å². The molecule has 0 bridgehead atoms. The lowest BCUT2D eigenvalue weighted by Crippen LogP contribution is -2.50. The molecule has 3 rings (SSSR count). The van der Waals surface area contributed by atoms with E-state index in [2.05, 4.69) is 10.0 Å². The van der Waals surface area contributed by atoms with E-state index in [0.717, 1.165) is 30.7 Å². The maximum Gasteiger partial charge on any atom is 0.250 e. The minimum absolute atomic E-state index is 0.227. The lowest BCUT2D eigenvalue weighted by Gasteiger charge is -2.38. The Bertz CT molecular complexity index is 557.